The van der Waals surface area contributed by atoms with Crippen molar-refractivity contribution in [3.8, 4) is 0 Å². The van der Waals surface area contributed by atoms with Crippen LogP contribution in [0.15, 0.2) is 42.6 Å². The maximum absolute atomic E-state index is 13.2. The quantitative estimate of drug-likeness (QED) is 0.595. The zero-order chi connectivity index (χ0) is 22.7. The van der Waals surface area contributed by atoms with Gasteiger partial charge in [-0.15, -0.1) is 0 Å². The number of hydrogen-bond donors (Lipinski definition) is 0. The number of rotatable bonds is 6. The highest BCUT2D eigenvalue weighted by Gasteiger charge is 2.26. The lowest BCUT2D eigenvalue weighted by atomic mass is 10.1. The number of amides is 2. The molecule has 0 radical (unpaired) electrons. The van der Waals surface area contributed by atoms with Crippen LogP contribution in [0.1, 0.15) is 54.3 Å². The molecule has 3 heterocycles. The van der Waals surface area contributed by atoms with Gasteiger partial charge < -0.3 is 9.80 Å². The van der Waals surface area contributed by atoms with E-state index in [0.29, 0.717) is 43.9 Å². The van der Waals surface area contributed by atoms with E-state index in [1.807, 2.05) is 45.7 Å². The van der Waals surface area contributed by atoms with E-state index in [4.69, 9.17) is 0 Å². The van der Waals surface area contributed by atoms with Gasteiger partial charge in [0.1, 0.15) is 0 Å². The second-order valence-corrected chi connectivity index (χ2v) is 8.73. The average Bonchev–Trinajstić information content (AvgIpc) is 3.22. The molecule has 0 spiro atoms. The van der Waals surface area contributed by atoms with E-state index in [1.165, 1.54) is 5.56 Å². The number of aromatic nitrogens is 3. The van der Waals surface area contributed by atoms with E-state index >= 15 is 0 Å². The summed E-state index contributed by atoms with van der Waals surface area (Å²) in [5.41, 5.74) is 3.39. The van der Waals surface area contributed by atoms with Gasteiger partial charge in [0.05, 0.1) is 17.5 Å². The SMILES string of the molecule is Cc1nc2c(cnn2C(C)C)cc1C(=O)N1CCN(C(=O)CCCc2ccccc2)CC1. The molecule has 0 bridgehead atoms. The Morgan fingerprint density at radius 1 is 1.03 bits per heavy atom. The molecule has 0 atom stereocenters. The zero-order valence-electron chi connectivity index (χ0n) is 19.1. The van der Waals surface area contributed by atoms with E-state index in [9.17, 15) is 9.59 Å². The van der Waals surface area contributed by atoms with Crippen LogP contribution in [0.3, 0.4) is 0 Å². The molecule has 2 amide bonds. The van der Waals surface area contributed by atoms with Crippen molar-refractivity contribution in [2.45, 2.75) is 46.1 Å². The number of nitrogens with zero attached hydrogens (tertiary/aromatic N) is 5. The summed E-state index contributed by atoms with van der Waals surface area (Å²) in [4.78, 5) is 34.1. The first-order valence-electron chi connectivity index (χ1n) is 11.4. The van der Waals surface area contributed by atoms with Crippen molar-refractivity contribution < 1.29 is 9.59 Å². The summed E-state index contributed by atoms with van der Waals surface area (Å²) in [7, 11) is 0. The minimum Gasteiger partial charge on any atom is -0.339 e. The molecule has 2 aromatic heterocycles. The lowest BCUT2D eigenvalue weighted by Gasteiger charge is -2.35. The summed E-state index contributed by atoms with van der Waals surface area (Å²) in [6.07, 6.45) is 4.07. The largest absolute Gasteiger partial charge is 0.339 e. The lowest BCUT2D eigenvalue weighted by Crippen LogP contribution is -2.50. The van der Waals surface area contributed by atoms with Crippen molar-refractivity contribution in [1.29, 1.82) is 0 Å². The van der Waals surface area contributed by atoms with Gasteiger partial charge in [-0.05, 0) is 45.2 Å². The van der Waals surface area contributed by atoms with Crippen LogP contribution in [0.2, 0.25) is 0 Å². The number of hydrogen-bond acceptors (Lipinski definition) is 4. The number of pyridine rings is 1. The van der Waals surface area contributed by atoms with Crippen molar-refractivity contribution in [3.05, 3.63) is 59.4 Å². The van der Waals surface area contributed by atoms with Gasteiger partial charge in [-0.25, -0.2) is 9.67 Å². The molecule has 0 N–H and O–H groups in total. The van der Waals surface area contributed by atoms with E-state index in [1.54, 1.807) is 6.20 Å². The highest BCUT2D eigenvalue weighted by Crippen LogP contribution is 2.21. The first kappa shape index (κ1) is 22.0. The van der Waals surface area contributed by atoms with Gasteiger partial charge >= 0.3 is 0 Å². The smallest absolute Gasteiger partial charge is 0.255 e. The number of carbonyl (C=O) groups is 2. The molecule has 0 saturated carbocycles. The van der Waals surface area contributed by atoms with Crippen LogP contribution in [0.5, 0.6) is 0 Å². The summed E-state index contributed by atoms with van der Waals surface area (Å²) < 4.78 is 1.87. The van der Waals surface area contributed by atoms with Crippen molar-refractivity contribution in [1.82, 2.24) is 24.6 Å². The number of carbonyl (C=O) groups excluding carboxylic acids is 2. The normalized spacial score (nSPS) is 14.4. The third kappa shape index (κ3) is 4.66. The number of aryl methyl sites for hydroxylation is 2. The fourth-order valence-corrected chi connectivity index (χ4v) is 4.24. The fourth-order valence-electron chi connectivity index (χ4n) is 4.24. The molecule has 1 fully saturated rings. The molecule has 1 aromatic carbocycles. The Balaban J connectivity index is 1.33. The van der Waals surface area contributed by atoms with E-state index in [2.05, 4.69) is 36.1 Å². The number of piperazine rings is 1. The molecule has 168 valence electrons. The highest BCUT2D eigenvalue weighted by molar-refractivity contribution is 5.98. The minimum atomic E-state index is -0.0228. The molecule has 0 unspecified atom stereocenters. The standard InChI is InChI=1S/C25H31N5O2/c1-18(2)30-24-21(17-26-30)16-22(19(3)27-24)25(32)29-14-12-28(13-15-29)23(31)11-7-10-20-8-5-4-6-9-20/h4-6,8-9,16-18H,7,10-15H2,1-3H3. The second-order valence-electron chi connectivity index (χ2n) is 8.73. The molecule has 7 heteroatoms. The molecule has 32 heavy (non-hydrogen) atoms. The Kier molecular flexibility index (Phi) is 6.53. The Labute approximate surface area is 189 Å². The lowest BCUT2D eigenvalue weighted by molar-refractivity contribution is -0.132. The van der Waals surface area contributed by atoms with Gasteiger partial charge in [0.2, 0.25) is 5.91 Å². The second kappa shape index (κ2) is 9.51. The summed E-state index contributed by atoms with van der Waals surface area (Å²) in [6.45, 7) is 8.25. The molecule has 1 aliphatic rings. The van der Waals surface area contributed by atoms with Gasteiger partial charge in [0.25, 0.3) is 5.91 Å². The molecule has 0 aliphatic carbocycles. The number of benzene rings is 1. The summed E-state index contributed by atoms with van der Waals surface area (Å²) in [6, 6.07) is 12.3. The number of fused-ring (bicyclic) bond motifs is 1. The Bertz CT molecular complexity index is 1100. The van der Waals surface area contributed by atoms with Crippen molar-refractivity contribution >= 4 is 22.8 Å². The molecule has 1 saturated heterocycles. The van der Waals surface area contributed by atoms with Gasteiger partial charge in [-0.3, -0.25) is 9.59 Å². The molecule has 3 aromatic rings. The van der Waals surface area contributed by atoms with Crippen molar-refractivity contribution in [2.75, 3.05) is 26.2 Å². The first-order valence-corrected chi connectivity index (χ1v) is 11.4. The predicted octanol–water partition coefficient (Wildman–Crippen LogP) is 3.63. The molecule has 1 aliphatic heterocycles. The van der Waals surface area contributed by atoms with Crippen LogP contribution in [0, 0.1) is 6.92 Å². The van der Waals surface area contributed by atoms with Crippen LogP contribution in [-0.2, 0) is 11.2 Å². The predicted molar refractivity (Wildman–Crippen MR) is 125 cm³/mol. The van der Waals surface area contributed by atoms with Gasteiger partial charge in [0, 0.05) is 44.0 Å². The Hall–Kier alpha value is -3.22. The van der Waals surface area contributed by atoms with E-state index in [-0.39, 0.29) is 17.9 Å². The molecular weight excluding hydrogens is 402 g/mol. The third-order valence-corrected chi connectivity index (χ3v) is 6.10. The average molecular weight is 434 g/mol. The maximum atomic E-state index is 13.2. The minimum absolute atomic E-state index is 0.0228. The van der Waals surface area contributed by atoms with Crippen molar-refractivity contribution in [2.24, 2.45) is 0 Å². The summed E-state index contributed by atoms with van der Waals surface area (Å²) >= 11 is 0. The van der Waals surface area contributed by atoms with Crippen LogP contribution >= 0.6 is 0 Å². The molecule has 4 rings (SSSR count). The third-order valence-electron chi connectivity index (χ3n) is 6.10. The zero-order valence-corrected chi connectivity index (χ0v) is 19.1. The highest BCUT2D eigenvalue weighted by atomic mass is 16.2. The first-order chi connectivity index (χ1) is 15.4. The van der Waals surface area contributed by atoms with Crippen LogP contribution in [-0.4, -0.2) is 62.6 Å². The van der Waals surface area contributed by atoms with Crippen LogP contribution < -0.4 is 0 Å². The summed E-state index contributed by atoms with van der Waals surface area (Å²) in [5, 5.41) is 5.28. The van der Waals surface area contributed by atoms with E-state index < -0.39 is 0 Å². The summed E-state index contributed by atoms with van der Waals surface area (Å²) in [5.74, 6) is 0.152. The van der Waals surface area contributed by atoms with Crippen LogP contribution in [0.4, 0.5) is 0 Å². The fraction of sp³-hybridized carbons (Fsp3) is 0.440. The maximum Gasteiger partial charge on any atom is 0.255 e. The molecular formula is C25H31N5O2. The molecule has 7 nitrogen and oxygen atoms in total. The van der Waals surface area contributed by atoms with Gasteiger partial charge in [0.15, 0.2) is 5.65 Å². The van der Waals surface area contributed by atoms with Crippen molar-refractivity contribution in [3.63, 3.8) is 0 Å². The Morgan fingerprint density at radius 2 is 1.72 bits per heavy atom. The topological polar surface area (TPSA) is 71.3 Å². The van der Waals surface area contributed by atoms with Gasteiger partial charge in [-0.2, -0.15) is 5.10 Å². The van der Waals surface area contributed by atoms with E-state index in [0.717, 1.165) is 23.9 Å². The van der Waals surface area contributed by atoms with Gasteiger partial charge in [-0.1, -0.05) is 30.3 Å². The van der Waals surface area contributed by atoms with Crippen LogP contribution in [0.25, 0.3) is 11.0 Å². The Morgan fingerprint density at radius 3 is 2.41 bits per heavy atom. The monoisotopic (exact) mass is 433 g/mol.